The van der Waals surface area contributed by atoms with E-state index in [1.54, 1.807) is 0 Å². The van der Waals surface area contributed by atoms with E-state index in [0.29, 0.717) is 0 Å². The van der Waals surface area contributed by atoms with E-state index in [1.165, 1.54) is 16.4 Å². The number of benzene rings is 1. The summed E-state index contributed by atoms with van der Waals surface area (Å²) in [6.45, 7) is 22.2. The molecule has 0 heterocycles. The first-order chi connectivity index (χ1) is 9.72. The minimum Gasteiger partial charge on any atom is -0.246 e. The van der Waals surface area contributed by atoms with Crippen molar-refractivity contribution >= 4 is 12.8 Å². The molecule has 0 aliphatic carbocycles. The molecule has 1 aromatic rings. The molecule has 0 radical (unpaired) electrons. The number of hydrogen-bond donors (Lipinski definition) is 1. The molecular weight excluding hydrogens is 394 g/mol. The average Bonchev–Trinajstić information content (AvgIpc) is 2.34. The summed E-state index contributed by atoms with van der Waals surface area (Å²) in [5, 5.41) is 1.21. The second-order valence-corrected chi connectivity index (χ2v) is 13.2. The van der Waals surface area contributed by atoms with Crippen molar-refractivity contribution in [3.05, 3.63) is 29.3 Å². The van der Waals surface area contributed by atoms with Crippen LogP contribution >= 0.6 is 7.49 Å². The summed E-state index contributed by atoms with van der Waals surface area (Å²) >= 11 is 0. The quantitative estimate of drug-likeness (QED) is 0.486. The van der Waals surface area contributed by atoms with Crippen LogP contribution in [0.1, 0.15) is 80.4 Å². The van der Waals surface area contributed by atoms with Gasteiger partial charge in [-0.3, -0.25) is 0 Å². The zero-order chi connectivity index (χ0) is 17.5. The van der Waals surface area contributed by atoms with Crippen molar-refractivity contribution in [3.63, 3.8) is 0 Å². The first kappa shape index (κ1) is 23.3. The van der Waals surface area contributed by atoms with E-state index < -0.39 is 7.49 Å². The van der Waals surface area contributed by atoms with Crippen LogP contribution in [-0.4, -0.2) is 16.2 Å². The Kier molecular flexibility index (Phi) is 7.75. The fourth-order valence-corrected chi connectivity index (χ4v) is 6.47. The van der Waals surface area contributed by atoms with Gasteiger partial charge in [0.25, 0.3) is 0 Å². The topological polar surface area (TPSA) is 20.2 Å². The van der Waals surface area contributed by atoms with Crippen LogP contribution < -0.4 is 5.30 Å². The summed E-state index contributed by atoms with van der Waals surface area (Å²) in [7, 11) is -2.17. The van der Waals surface area contributed by atoms with Crippen molar-refractivity contribution in [2.75, 3.05) is 0 Å². The van der Waals surface area contributed by atoms with Gasteiger partial charge in [0.05, 0.1) is 11.3 Å². The molecule has 0 unspecified atom stereocenters. The Bertz CT molecular complexity index is 513. The third kappa shape index (κ3) is 4.89. The molecule has 0 aliphatic heterocycles. The zero-order valence-electron chi connectivity index (χ0n) is 16.6. The Balaban J connectivity index is 0.00000484. The van der Waals surface area contributed by atoms with Gasteiger partial charge in [-0.15, -0.1) is 0 Å². The number of hydrogen-bond acceptors (Lipinski definition) is 1. The fraction of sp³-hybridized carbons (Fsp3) is 0.700. The summed E-state index contributed by atoms with van der Waals surface area (Å²) in [6, 6.07) is 6.78. The molecule has 23 heavy (non-hydrogen) atoms. The van der Waals surface area contributed by atoms with Gasteiger partial charge in [-0.05, 0) is 50.2 Å². The molecule has 0 aliphatic rings. The van der Waals surface area contributed by atoms with E-state index >= 15 is 0 Å². The summed E-state index contributed by atoms with van der Waals surface area (Å²) < 4.78 is 0. The molecular formula is C20H36OPPd+. The van der Waals surface area contributed by atoms with Crippen LogP contribution in [0.5, 0.6) is 0 Å². The molecule has 0 fully saturated rings. The molecule has 0 amide bonds. The minimum atomic E-state index is -2.17. The molecule has 1 rings (SSSR count). The van der Waals surface area contributed by atoms with Gasteiger partial charge in [-0.2, -0.15) is 0 Å². The van der Waals surface area contributed by atoms with Gasteiger partial charge in [0.15, 0.2) is 7.49 Å². The Morgan fingerprint density at radius 2 is 1.26 bits per heavy atom. The number of rotatable bonds is 3. The van der Waals surface area contributed by atoms with Crippen LogP contribution in [0, 0.1) is 0 Å². The van der Waals surface area contributed by atoms with Gasteiger partial charge in [0.2, 0.25) is 0 Å². The van der Waals surface area contributed by atoms with Gasteiger partial charge in [0, 0.05) is 26.0 Å². The van der Waals surface area contributed by atoms with Crippen molar-refractivity contribution in [2.45, 2.75) is 91.4 Å². The molecule has 0 aromatic heterocycles. The second kappa shape index (κ2) is 7.66. The third-order valence-corrected chi connectivity index (χ3v) is 8.94. The smallest absolute Gasteiger partial charge is 0.179 e. The minimum absolute atomic E-state index is 0. The van der Waals surface area contributed by atoms with Crippen LogP contribution in [0.4, 0.5) is 0 Å². The summed E-state index contributed by atoms with van der Waals surface area (Å²) in [5.41, 5.74) is 3.40. The molecule has 0 saturated heterocycles. The predicted octanol–water partition coefficient (Wildman–Crippen LogP) is 5.65. The Morgan fingerprint density at radius 3 is 1.57 bits per heavy atom. The Labute approximate surface area is 158 Å². The molecule has 3 heteroatoms. The van der Waals surface area contributed by atoms with Crippen molar-refractivity contribution in [3.8, 4) is 0 Å². The molecule has 1 nitrogen and oxygen atoms in total. The maximum atomic E-state index is 11.6. The summed E-state index contributed by atoms with van der Waals surface area (Å²) in [5.74, 6) is 0. The molecule has 136 valence electrons. The largest absolute Gasteiger partial charge is 0.246 e. The van der Waals surface area contributed by atoms with Crippen LogP contribution in [0.25, 0.3) is 0 Å². The SMILES string of the molecule is CC(C)[P+](O)(c1ccc(C(C)(C)C)cc1C(C)(C)C)C(C)C.[Pd]. The summed E-state index contributed by atoms with van der Waals surface area (Å²) in [4.78, 5) is 11.6. The second-order valence-electron chi connectivity index (χ2n) is 9.16. The zero-order valence-corrected chi connectivity index (χ0v) is 19.0. The Hall–Kier alpha value is 0.272. The molecule has 1 N–H and O–H groups in total. The van der Waals surface area contributed by atoms with E-state index in [9.17, 15) is 4.89 Å². The van der Waals surface area contributed by atoms with Gasteiger partial charge in [-0.1, -0.05) is 53.7 Å². The van der Waals surface area contributed by atoms with Crippen LogP contribution in [0.3, 0.4) is 0 Å². The molecule has 1 aromatic carbocycles. The molecule has 0 saturated carbocycles. The van der Waals surface area contributed by atoms with E-state index in [0.717, 1.165) is 0 Å². The molecule has 0 atom stereocenters. The fourth-order valence-electron chi connectivity index (χ4n) is 3.07. The first-order valence-corrected chi connectivity index (χ1v) is 10.4. The maximum Gasteiger partial charge on any atom is 0.179 e. The van der Waals surface area contributed by atoms with E-state index in [1.807, 2.05) is 0 Å². The van der Waals surface area contributed by atoms with Gasteiger partial charge >= 0.3 is 0 Å². The third-order valence-electron chi connectivity index (χ3n) is 4.63. The normalized spacial score (nSPS) is 13.4. The summed E-state index contributed by atoms with van der Waals surface area (Å²) in [6.07, 6.45) is 0. The van der Waals surface area contributed by atoms with Crippen LogP contribution in [0.2, 0.25) is 0 Å². The van der Waals surface area contributed by atoms with Crippen molar-refractivity contribution in [2.24, 2.45) is 0 Å². The van der Waals surface area contributed by atoms with Crippen molar-refractivity contribution < 1.29 is 25.3 Å². The van der Waals surface area contributed by atoms with Crippen LogP contribution in [0.15, 0.2) is 18.2 Å². The van der Waals surface area contributed by atoms with Gasteiger partial charge in [0.1, 0.15) is 5.30 Å². The maximum absolute atomic E-state index is 11.6. The van der Waals surface area contributed by atoms with E-state index in [-0.39, 0.29) is 42.6 Å². The average molecular weight is 430 g/mol. The first-order valence-electron chi connectivity index (χ1n) is 8.49. The van der Waals surface area contributed by atoms with E-state index in [2.05, 4.69) is 87.4 Å². The van der Waals surface area contributed by atoms with Crippen molar-refractivity contribution in [1.29, 1.82) is 0 Å². The molecule has 0 bridgehead atoms. The van der Waals surface area contributed by atoms with E-state index in [4.69, 9.17) is 0 Å². The van der Waals surface area contributed by atoms with Crippen LogP contribution in [-0.2, 0) is 31.3 Å². The van der Waals surface area contributed by atoms with Crippen molar-refractivity contribution in [1.82, 2.24) is 0 Å². The van der Waals surface area contributed by atoms with Gasteiger partial charge in [-0.25, -0.2) is 4.89 Å². The standard InChI is InChI=1S/C20H36OP.Pd/c1-14(2)22(21,15(3)4)18-12-11-16(19(5,6)7)13-17(18)20(8,9)10;/h11-15,21H,1-10H3;/q+1;. The monoisotopic (exact) mass is 429 g/mol. The Morgan fingerprint density at radius 1 is 0.826 bits per heavy atom. The predicted molar refractivity (Wildman–Crippen MR) is 103 cm³/mol. The van der Waals surface area contributed by atoms with Gasteiger partial charge < -0.3 is 0 Å². The molecule has 0 spiro atoms.